The minimum Gasteiger partial charge on any atom is -0.304 e. The number of nitrogens with one attached hydrogen (secondary N) is 1. The summed E-state index contributed by atoms with van der Waals surface area (Å²) in [5.74, 6) is 0. The Morgan fingerprint density at radius 3 is 2.40 bits per heavy atom. The normalized spacial score (nSPS) is 23.3. The Bertz CT molecular complexity index is 227. The van der Waals surface area contributed by atoms with Crippen LogP contribution in [0.4, 0.5) is 0 Å². The molecule has 0 radical (unpaired) electrons. The molecule has 1 rings (SSSR count). The average Bonchev–Trinajstić information content (AvgIpc) is 2.22. The average molecular weight is 210 g/mol. The van der Waals surface area contributed by atoms with Crippen molar-refractivity contribution in [3.8, 4) is 6.07 Å². The molecule has 1 heterocycles. The molecule has 1 atom stereocenters. The molecule has 0 saturated carbocycles. The van der Waals surface area contributed by atoms with Crippen LogP contribution >= 0.6 is 0 Å². The van der Waals surface area contributed by atoms with Crippen LogP contribution in [-0.2, 0) is 0 Å². The number of hydrogen-bond donors (Lipinski definition) is 1. The number of piperazine rings is 1. The van der Waals surface area contributed by atoms with Crippen molar-refractivity contribution in [2.75, 3.05) is 46.3 Å². The second kappa shape index (κ2) is 5.45. The highest BCUT2D eigenvalue weighted by Gasteiger charge is 2.27. The van der Waals surface area contributed by atoms with E-state index >= 15 is 0 Å². The van der Waals surface area contributed by atoms with Crippen molar-refractivity contribution in [3.63, 3.8) is 0 Å². The minimum absolute atomic E-state index is 0.398. The van der Waals surface area contributed by atoms with Crippen molar-refractivity contribution in [3.05, 3.63) is 0 Å². The third-order valence-electron chi connectivity index (χ3n) is 2.95. The summed E-state index contributed by atoms with van der Waals surface area (Å²) in [5, 5.41) is 12.4. The molecule has 15 heavy (non-hydrogen) atoms. The smallest absolute Gasteiger partial charge is 0.116 e. The van der Waals surface area contributed by atoms with Gasteiger partial charge in [0, 0.05) is 32.7 Å². The molecule has 1 aliphatic rings. The molecule has 1 N–H and O–H groups in total. The largest absolute Gasteiger partial charge is 0.304 e. The summed E-state index contributed by atoms with van der Waals surface area (Å²) in [4.78, 5) is 4.69. The van der Waals surface area contributed by atoms with Crippen molar-refractivity contribution in [2.24, 2.45) is 0 Å². The summed E-state index contributed by atoms with van der Waals surface area (Å²) in [6.45, 7) is 10.0. The molecule has 0 aromatic carbocycles. The van der Waals surface area contributed by atoms with Crippen LogP contribution in [0.1, 0.15) is 13.8 Å². The summed E-state index contributed by atoms with van der Waals surface area (Å²) in [5.41, 5.74) is -0.398. The third-order valence-corrected chi connectivity index (χ3v) is 2.95. The van der Waals surface area contributed by atoms with Gasteiger partial charge in [-0.1, -0.05) is 6.92 Å². The van der Waals surface area contributed by atoms with E-state index in [0.29, 0.717) is 0 Å². The van der Waals surface area contributed by atoms with Gasteiger partial charge in [0.15, 0.2) is 0 Å². The standard InChI is InChI=1S/C11H22N4/c1-4-13-11(2,9-12)10-15-7-5-14(3)6-8-15/h13H,4-8,10H2,1-3H3. The lowest BCUT2D eigenvalue weighted by Crippen LogP contribution is -2.54. The summed E-state index contributed by atoms with van der Waals surface area (Å²) < 4.78 is 0. The monoisotopic (exact) mass is 210 g/mol. The van der Waals surface area contributed by atoms with E-state index in [2.05, 4.69) is 28.2 Å². The molecule has 0 amide bonds. The van der Waals surface area contributed by atoms with Gasteiger partial charge in [-0.15, -0.1) is 0 Å². The van der Waals surface area contributed by atoms with Gasteiger partial charge in [0.25, 0.3) is 0 Å². The molecule has 0 aromatic heterocycles. The van der Waals surface area contributed by atoms with Gasteiger partial charge in [-0.2, -0.15) is 5.26 Å². The zero-order chi connectivity index (χ0) is 11.3. The van der Waals surface area contributed by atoms with E-state index in [1.54, 1.807) is 0 Å². The molecule has 4 heteroatoms. The van der Waals surface area contributed by atoms with Crippen LogP contribution in [0.15, 0.2) is 0 Å². The summed E-state index contributed by atoms with van der Waals surface area (Å²) in [6.07, 6.45) is 0. The van der Waals surface area contributed by atoms with Crippen molar-refractivity contribution in [1.29, 1.82) is 5.26 Å². The molecular weight excluding hydrogens is 188 g/mol. The second-order valence-electron chi connectivity index (χ2n) is 4.55. The Hall–Kier alpha value is -0.630. The number of nitriles is 1. The zero-order valence-electron chi connectivity index (χ0n) is 10.1. The summed E-state index contributed by atoms with van der Waals surface area (Å²) in [6, 6.07) is 2.37. The lowest BCUT2D eigenvalue weighted by Gasteiger charge is -2.36. The fourth-order valence-corrected chi connectivity index (χ4v) is 1.97. The Morgan fingerprint density at radius 1 is 1.33 bits per heavy atom. The van der Waals surface area contributed by atoms with Crippen LogP contribution in [0.25, 0.3) is 0 Å². The third kappa shape index (κ3) is 3.78. The fourth-order valence-electron chi connectivity index (χ4n) is 1.97. The van der Waals surface area contributed by atoms with E-state index in [4.69, 9.17) is 5.26 Å². The Kier molecular flexibility index (Phi) is 4.52. The minimum atomic E-state index is -0.398. The molecule has 0 bridgehead atoms. The van der Waals surface area contributed by atoms with E-state index < -0.39 is 5.54 Å². The van der Waals surface area contributed by atoms with Crippen molar-refractivity contribution < 1.29 is 0 Å². The predicted molar refractivity (Wildman–Crippen MR) is 61.6 cm³/mol. The van der Waals surface area contributed by atoms with Gasteiger partial charge in [-0.05, 0) is 20.5 Å². The first kappa shape index (κ1) is 12.4. The molecule has 1 saturated heterocycles. The highest BCUT2D eigenvalue weighted by atomic mass is 15.3. The SMILES string of the molecule is CCNC(C)(C#N)CN1CCN(C)CC1. The van der Waals surface area contributed by atoms with Gasteiger partial charge < -0.3 is 4.90 Å². The first-order valence-corrected chi connectivity index (χ1v) is 5.67. The predicted octanol–water partition coefficient (Wildman–Crippen LogP) is 0.126. The van der Waals surface area contributed by atoms with E-state index in [-0.39, 0.29) is 0 Å². The molecule has 4 nitrogen and oxygen atoms in total. The molecule has 0 spiro atoms. The number of rotatable bonds is 4. The number of nitrogens with zero attached hydrogens (tertiary/aromatic N) is 3. The van der Waals surface area contributed by atoms with Gasteiger partial charge >= 0.3 is 0 Å². The maximum atomic E-state index is 9.15. The van der Waals surface area contributed by atoms with Gasteiger partial charge in [-0.3, -0.25) is 10.2 Å². The van der Waals surface area contributed by atoms with Gasteiger partial charge in [0.05, 0.1) is 6.07 Å². The number of likely N-dealkylation sites (N-methyl/N-ethyl adjacent to an activating group) is 2. The van der Waals surface area contributed by atoms with Crippen LogP contribution in [-0.4, -0.2) is 61.7 Å². The first-order valence-electron chi connectivity index (χ1n) is 5.67. The second-order valence-corrected chi connectivity index (χ2v) is 4.55. The summed E-state index contributed by atoms with van der Waals surface area (Å²) in [7, 11) is 2.14. The Balaban J connectivity index is 2.42. The Morgan fingerprint density at radius 2 is 1.93 bits per heavy atom. The molecule has 86 valence electrons. The lowest BCUT2D eigenvalue weighted by atomic mass is 10.0. The van der Waals surface area contributed by atoms with Gasteiger partial charge in [0.2, 0.25) is 0 Å². The van der Waals surface area contributed by atoms with Crippen LogP contribution in [0.2, 0.25) is 0 Å². The van der Waals surface area contributed by atoms with Crippen LogP contribution in [0.5, 0.6) is 0 Å². The molecule has 1 unspecified atom stereocenters. The van der Waals surface area contributed by atoms with Crippen molar-refractivity contribution in [2.45, 2.75) is 19.4 Å². The van der Waals surface area contributed by atoms with E-state index in [0.717, 1.165) is 39.3 Å². The Labute approximate surface area is 92.8 Å². The van der Waals surface area contributed by atoms with Crippen LogP contribution in [0.3, 0.4) is 0 Å². The van der Waals surface area contributed by atoms with E-state index in [1.807, 2.05) is 13.8 Å². The first-order chi connectivity index (χ1) is 7.09. The topological polar surface area (TPSA) is 42.3 Å². The summed E-state index contributed by atoms with van der Waals surface area (Å²) >= 11 is 0. The lowest BCUT2D eigenvalue weighted by molar-refractivity contribution is 0.133. The van der Waals surface area contributed by atoms with E-state index in [9.17, 15) is 0 Å². The molecular formula is C11H22N4. The fraction of sp³-hybridized carbons (Fsp3) is 0.909. The molecule has 1 aliphatic heterocycles. The van der Waals surface area contributed by atoms with Crippen LogP contribution in [0, 0.1) is 11.3 Å². The molecule has 0 aromatic rings. The zero-order valence-corrected chi connectivity index (χ0v) is 10.1. The van der Waals surface area contributed by atoms with E-state index in [1.165, 1.54) is 0 Å². The van der Waals surface area contributed by atoms with Crippen molar-refractivity contribution >= 4 is 0 Å². The molecule has 1 fully saturated rings. The molecule has 0 aliphatic carbocycles. The van der Waals surface area contributed by atoms with Gasteiger partial charge in [0.1, 0.15) is 5.54 Å². The highest BCUT2D eigenvalue weighted by molar-refractivity contribution is 5.05. The van der Waals surface area contributed by atoms with Crippen LogP contribution < -0.4 is 5.32 Å². The van der Waals surface area contributed by atoms with Crippen molar-refractivity contribution in [1.82, 2.24) is 15.1 Å². The van der Waals surface area contributed by atoms with Gasteiger partial charge in [-0.25, -0.2) is 0 Å². The highest BCUT2D eigenvalue weighted by Crippen LogP contribution is 2.08. The maximum absolute atomic E-state index is 9.15. The quantitative estimate of drug-likeness (QED) is 0.716. The maximum Gasteiger partial charge on any atom is 0.116 e. The number of hydrogen-bond acceptors (Lipinski definition) is 4.